The van der Waals surface area contributed by atoms with Gasteiger partial charge in [-0.05, 0) is 19.9 Å². The molecule has 98 valence electrons. The molecule has 8 heteroatoms. The lowest BCUT2D eigenvalue weighted by atomic mass is 9.87. The predicted octanol–water partition coefficient (Wildman–Crippen LogP) is -0.681. The molecule has 0 aliphatic carbocycles. The van der Waals surface area contributed by atoms with Gasteiger partial charge in [0, 0.05) is 18.2 Å². The van der Waals surface area contributed by atoms with E-state index in [2.05, 4.69) is 9.18 Å². The molecule has 0 amide bonds. The Morgan fingerprint density at radius 2 is 2.18 bits per heavy atom. The highest BCUT2D eigenvalue weighted by molar-refractivity contribution is 7.74. The maximum Gasteiger partial charge on any atom is 0.302 e. The van der Waals surface area contributed by atoms with Gasteiger partial charge in [0.1, 0.15) is 0 Å². The number of aliphatic imine (C=N–C) groups is 1. The third-order valence-corrected chi connectivity index (χ3v) is 2.97. The van der Waals surface area contributed by atoms with E-state index in [0.29, 0.717) is 0 Å². The molecule has 7 nitrogen and oxygen atoms in total. The quantitative estimate of drug-likeness (QED) is 0.386. The van der Waals surface area contributed by atoms with Crippen LogP contribution in [-0.4, -0.2) is 47.9 Å². The van der Waals surface area contributed by atoms with E-state index in [-0.39, 0.29) is 12.0 Å². The Morgan fingerprint density at radius 3 is 2.65 bits per heavy atom. The highest BCUT2D eigenvalue weighted by Gasteiger charge is 2.43. The van der Waals surface area contributed by atoms with Gasteiger partial charge in [-0.25, -0.2) is 0 Å². The van der Waals surface area contributed by atoms with Crippen LogP contribution in [0, 0.1) is 0 Å². The minimum Gasteiger partial charge on any atom is -0.340 e. The van der Waals surface area contributed by atoms with E-state index in [1.54, 1.807) is 13.8 Å². The summed E-state index contributed by atoms with van der Waals surface area (Å²) in [7, 11) is 0. The van der Waals surface area contributed by atoms with E-state index in [4.69, 9.17) is 19.9 Å². The molecule has 0 bridgehead atoms. The van der Waals surface area contributed by atoms with E-state index in [0.717, 1.165) is 0 Å². The van der Waals surface area contributed by atoms with Crippen LogP contribution in [0.1, 0.15) is 20.3 Å². The standard InChI is InChI=1S/C9H15NO6S/c1-6(16-17(14)15)5-8(2)7(3-4-10-8)9(11,12)13/h3-4,6,11-13H,5H2,1-2H3,(H,14,15). The van der Waals surface area contributed by atoms with Gasteiger partial charge < -0.3 is 15.3 Å². The van der Waals surface area contributed by atoms with E-state index in [1.807, 2.05) is 0 Å². The first-order valence-corrected chi connectivity index (χ1v) is 5.90. The highest BCUT2D eigenvalue weighted by Crippen LogP contribution is 2.35. The summed E-state index contributed by atoms with van der Waals surface area (Å²) in [5, 5.41) is 27.5. The molecule has 0 saturated carbocycles. The number of rotatable bonds is 5. The topological polar surface area (TPSA) is 120 Å². The fraction of sp³-hybridized carbons (Fsp3) is 0.667. The van der Waals surface area contributed by atoms with Crippen molar-refractivity contribution < 1.29 is 28.3 Å². The number of allylic oxidation sites excluding steroid dienone is 1. The first-order chi connectivity index (χ1) is 7.65. The van der Waals surface area contributed by atoms with Crippen LogP contribution in [0.2, 0.25) is 0 Å². The molecule has 3 atom stereocenters. The largest absolute Gasteiger partial charge is 0.340 e. The van der Waals surface area contributed by atoms with Crippen molar-refractivity contribution in [1.29, 1.82) is 0 Å². The van der Waals surface area contributed by atoms with Crippen molar-refractivity contribution in [2.45, 2.75) is 37.9 Å². The second-order valence-electron chi connectivity index (χ2n) is 4.10. The molecule has 0 saturated heterocycles. The molecule has 3 unspecified atom stereocenters. The molecule has 0 aromatic rings. The minimum atomic E-state index is -2.97. The summed E-state index contributed by atoms with van der Waals surface area (Å²) in [6, 6.07) is 0. The maximum absolute atomic E-state index is 10.5. The highest BCUT2D eigenvalue weighted by atomic mass is 32.2. The zero-order valence-corrected chi connectivity index (χ0v) is 10.2. The lowest BCUT2D eigenvalue weighted by molar-refractivity contribution is -0.286. The van der Waals surface area contributed by atoms with Crippen molar-refractivity contribution in [3.63, 3.8) is 0 Å². The predicted molar refractivity (Wildman–Crippen MR) is 60.3 cm³/mol. The summed E-state index contributed by atoms with van der Waals surface area (Å²) >= 11 is -2.41. The van der Waals surface area contributed by atoms with Crippen LogP contribution in [0.5, 0.6) is 0 Å². The number of aliphatic hydroxyl groups is 3. The Bertz CT molecular complexity index is 374. The van der Waals surface area contributed by atoms with Crippen molar-refractivity contribution in [2.24, 2.45) is 4.99 Å². The molecule has 4 N–H and O–H groups in total. The summed E-state index contributed by atoms with van der Waals surface area (Å²) in [6.45, 7) is 3.10. The molecule has 1 aliphatic heterocycles. The third kappa shape index (κ3) is 3.66. The molecule has 1 aliphatic rings. The smallest absolute Gasteiger partial charge is 0.302 e. The fourth-order valence-electron chi connectivity index (χ4n) is 1.90. The summed E-state index contributed by atoms with van der Waals surface area (Å²) in [5.41, 5.74) is -1.19. The molecule has 0 spiro atoms. The number of hydrogen-bond donors (Lipinski definition) is 4. The van der Waals surface area contributed by atoms with E-state index >= 15 is 0 Å². The molecule has 0 aromatic heterocycles. The van der Waals surface area contributed by atoms with Crippen LogP contribution in [0.25, 0.3) is 0 Å². The molecule has 17 heavy (non-hydrogen) atoms. The van der Waals surface area contributed by atoms with Crippen molar-refractivity contribution in [2.75, 3.05) is 0 Å². The average Bonchev–Trinajstić information content (AvgIpc) is 2.43. The molecule has 0 radical (unpaired) electrons. The van der Waals surface area contributed by atoms with Crippen molar-refractivity contribution in [3.8, 4) is 0 Å². The Balaban J connectivity index is 2.78. The number of nitrogens with zero attached hydrogens (tertiary/aromatic N) is 1. The SMILES string of the molecule is CC(CC1(C)N=CC=C1C(O)(O)O)OS(=O)O. The van der Waals surface area contributed by atoms with Crippen molar-refractivity contribution in [3.05, 3.63) is 11.6 Å². The molecular weight excluding hydrogens is 250 g/mol. The van der Waals surface area contributed by atoms with Gasteiger partial charge in [-0.15, -0.1) is 0 Å². The van der Waals surface area contributed by atoms with Gasteiger partial charge in [0.05, 0.1) is 11.6 Å². The Hall–Kier alpha value is -0.640. The third-order valence-electron chi connectivity index (χ3n) is 2.47. The Kier molecular flexibility index (Phi) is 4.18. The average molecular weight is 265 g/mol. The summed E-state index contributed by atoms with van der Waals surface area (Å²) in [4.78, 5) is 4.00. The van der Waals surface area contributed by atoms with Gasteiger partial charge in [-0.1, -0.05) is 0 Å². The summed E-state index contributed by atoms with van der Waals surface area (Å²) < 4.78 is 23.6. The maximum atomic E-state index is 10.5. The number of hydrogen-bond acceptors (Lipinski definition) is 6. The van der Waals surface area contributed by atoms with Crippen molar-refractivity contribution >= 4 is 17.6 Å². The Morgan fingerprint density at radius 1 is 1.59 bits per heavy atom. The molecule has 0 fully saturated rings. The van der Waals surface area contributed by atoms with Crippen LogP contribution in [0.3, 0.4) is 0 Å². The monoisotopic (exact) mass is 265 g/mol. The van der Waals surface area contributed by atoms with Crippen LogP contribution in [-0.2, 0) is 15.5 Å². The van der Waals surface area contributed by atoms with Crippen LogP contribution < -0.4 is 0 Å². The Labute approximate surface area is 101 Å². The molecular formula is C9H15NO6S. The van der Waals surface area contributed by atoms with E-state index in [9.17, 15) is 4.21 Å². The van der Waals surface area contributed by atoms with Gasteiger partial charge in [0.15, 0.2) is 0 Å². The second-order valence-corrected chi connectivity index (χ2v) is 4.72. The normalized spacial score (nSPS) is 28.0. The molecule has 1 rings (SSSR count). The lowest BCUT2D eigenvalue weighted by Gasteiger charge is -2.31. The van der Waals surface area contributed by atoms with Gasteiger partial charge in [-0.3, -0.25) is 13.7 Å². The van der Waals surface area contributed by atoms with Gasteiger partial charge in [-0.2, -0.15) is 4.21 Å². The first-order valence-electron chi connectivity index (χ1n) is 4.87. The minimum absolute atomic E-state index is 0.107. The zero-order valence-electron chi connectivity index (χ0n) is 9.40. The van der Waals surface area contributed by atoms with Gasteiger partial charge in [0.25, 0.3) is 0 Å². The van der Waals surface area contributed by atoms with Crippen LogP contribution >= 0.6 is 0 Å². The zero-order chi connectivity index (χ0) is 13.3. The van der Waals surface area contributed by atoms with E-state index in [1.165, 1.54) is 12.3 Å². The molecule has 1 heterocycles. The lowest BCUT2D eigenvalue weighted by Crippen LogP contribution is -2.42. The van der Waals surface area contributed by atoms with Crippen molar-refractivity contribution in [1.82, 2.24) is 0 Å². The van der Waals surface area contributed by atoms with Gasteiger partial charge >= 0.3 is 17.3 Å². The second kappa shape index (κ2) is 4.92. The van der Waals surface area contributed by atoms with Crippen LogP contribution in [0.15, 0.2) is 16.6 Å². The summed E-state index contributed by atoms with van der Waals surface area (Å²) in [5.74, 6) is -2.97. The van der Waals surface area contributed by atoms with Crippen LogP contribution in [0.4, 0.5) is 0 Å². The fourth-order valence-corrected chi connectivity index (χ4v) is 2.24. The van der Waals surface area contributed by atoms with Gasteiger partial charge in [0.2, 0.25) is 0 Å². The van der Waals surface area contributed by atoms with E-state index < -0.39 is 29.0 Å². The first kappa shape index (κ1) is 14.4. The summed E-state index contributed by atoms with van der Waals surface area (Å²) in [6.07, 6.45) is 2.08. The molecule has 0 aromatic carbocycles.